The van der Waals surface area contributed by atoms with E-state index in [2.05, 4.69) is 48.1 Å². The average molecular weight is 405 g/mol. The predicted molar refractivity (Wildman–Crippen MR) is 114 cm³/mol. The van der Waals surface area contributed by atoms with E-state index in [0.717, 1.165) is 45.6 Å². The zero-order valence-electron chi connectivity index (χ0n) is 16.2. The zero-order chi connectivity index (χ0) is 17.6. The van der Waals surface area contributed by atoms with Crippen molar-refractivity contribution >= 4 is 30.7 Å². The van der Waals surface area contributed by atoms with Gasteiger partial charge in [0.2, 0.25) is 0 Å². The normalized spacial score (nSPS) is 15.7. The first-order valence-corrected chi connectivity index (χ1v) is 9.02. The molecular formula is C19H34Cl2N4O. The second kappa shape index (κ2) is 11.8. The SMILES string of the molecule is CCC(N)(CC)CNC(=O)c1ccc(CN2CCN(C)CC2)cc1.Cl.Cl. The van der Waals surface area contributed by atoms with Crippen LogP contribution >= 0.6 is 24.8 Å². The van der Waals surface area contributed by atoms with Gasteiger partial charge >= 0.3 is 0 Å². The van der Waals surface area contributed by atoms with Gasteiger partial charge in [-0.15, -0.1) is 24.8 Å². The summed E-state index contributed by atoms with van der Waals surface area (Å²) in [7, 11) is 2.16. The number of benzene rings is 1. The third-order valence-electron chi connectivity index (χ3n) is 5.23. The lowest BCUT2D eigenvalue weighted by atomic mass is 9.94. The maximum Gasteiger partial charge on any atom is 0.251 e. The van der Waals surface area contributed by atoms with Crippen LogP contribution in [0.5, 0.6) is 0 Å². The monoisotopic (exact) mass is 404 g/mol. The van der Waals surface area contributed by atoms with Crippen molar-refractivity contribution in [3.8, 4) is 0 Å². The molecule has 0 spiro atoms. The molecular weight excluding hydrogens is 371 g/mol. The van der Waals surface area contributed by atoms with E-state index >= 15 is 0 Å². The van der Waals surface area contributed by atoms with Gasteiger partial charge in [0.05, 0.1) is 0 Å². The lowest BCUT2D eigenvalue weighted by molar-refractivity contribution is 0.0942. The van der Waals surface area contributed by atoms with E-state index in [1.807, 2.05) is 12.1 Å². The molecule has 7 heteroatoms. The topological polar surface area (TPSA) is 61.6 Å². The fourth-order valence-corrected chi connectivity index (χ4v) is 2.88. The molecule has 26 heavy (non-hydrogen) atoms. The highest BCUT2D eigenvalue weighted by molar-refractivity contribution is 5.94. The van der Waals surface area contributed by atoms with Gasteiger partial charge in [0, 0.05) is 50.4 Å². The number of nitrogens with zero attached hydrogens (tertiary/aromatic N) is 2. The van der Waals surface area contributed by atoms with Gasteiger partial charge in [-0.3, -0.25) is 9.69 Å². The van der Waals surface area contributed by atoms with Gasteiger partial charge in [-0.05, 0) is 37.6 Å². The van der Waals surface area contributed by atoms with Gasteiger partial charge < -0.3 is 16.0 Å². The summed E-state index contributed by atoms with van der Waals surface area (Å²) in [5, 5.41) is 2.97. The Morgan fingerprint density at radius 1 is 1.08 bits per heavy atom. The first-order valence-electron chi connectivity index (χ1n) is 9.02. The van der Waals surface area contributed by atoms with Gasteiger partial charge in [-0.1, -0.05) is 26.0 Å². The fourth-order valence-electron chi connectivity index (χ4n) is 2.88. The molecule has 1 aromatic rings. The highest BCUT2D eigenvalue weighted by Gasteiger charge is 2.21. The summed E-state index contributed by atoms with van der Waals surface area (Å²) >= 11 is 0. The van der Waals surface area contributed by atoms with E-state index in [-0.39, 0.29) is 36.3 Å². The van der Waals surface area contributed by atoms with E-state index in [1.165, 1.54) is 5.56 Å². The molecule has 1 fully saturated rings. The molecule has 150 valence electrons. The zero-order valence-corrected chi connectivity index (χ0v) is 17.8. The van der Waals surface area contributed by atoms with Gasteiger partial charge in [0.25, 0.3) is 5.91 Å². The van der Waals surface area contributed by atoms with Crippen molar-refractivity contribution < 1.29 is 4.79 Å². The molecule has 0 radical (unpaired) electrons. The van der Waals surface area contributed by atoms with Crippen LogP contribution in [-0.2, 0) is 6.54 Å². The smallest absolute Gasteiger partial charge is 0.251 e. The number of amides is 1. The van der Waals surface area contributed by atoms with Crippen LogP contribution in [0.15, 0.2) is 24.3 Å². The van der Waals surface area contributed by atoms with Crippen LogP contribution in [0.2, 0.25) is 0 Å². The summed E-state index contributed by atoms with van der Waals surface area (Å²) < 4.78 is 0. The number of piperazine rings is 1. The molecule has 1 aliphatic rings. The maximum absolute atomic E-state index is 12.3. The second-order valence-electron chi connectivity index (χ2n) is 7.03. The van der Waals surface area contributed by atoms with Crippen molar-refractivity contribution in [2.24, 2.45) is 5.73 Å². The Bertz CT molecular complexity index is 527. The molecule has 0 unspecified atom stereocenters. The number of nitrogens with one attached hydrogen (secondary N) is 1. The minimum absolute atomic E-state index is 0. The third kappa shape index (κ3) is 7.41. The molecule has 0 aliphatic carbocycles. The molecule has 0 atom stereocenters. The van der Waals surface area contributed by atoms with Crippen molar-refractivity contribution in [2.75, 3.05) is 39.8 Å². The Kier molecular flexibility index (Phi) is 11.4. The van der Waals surface area contributed by atoms with Crippen LogP contribution < -0.4 is 11.1 Å². The number of rotatable bonds is 7. The molecule has 1 heterocycles. The Balaban J connectivity index is 0.00000312. The summed E-state index contributed by atoms with van der Waals surface area (Å²) in [5.74, 6) is -0.0436. The standard InChI is InChI=1S/C19H32N4O.2ClH/c1-4-19(20,5-2)15-21-18(24)17-8-6-16(7-9-17)14-23-12-10-22(3)11-13-23;;/h6-9H,4-5,10-15,20H2,1-3H3,(H,21,24);2*1H. The van der Waals surface area contributed by atoms with Crippen LogP contribution in [0.3, 0.4) is 0 Å². The number of nitrogens with two attached hydrogens (primary N) is 1. The first kappa shape index (κ1) is 25.1. The minimum atomic E-state index is -0.309. The summed E-state index contributed by atoms with van der Waals surface area (Å²) in [5.41, 5.74) is 7.89. The number of hydrogen-bond acceptors (Lipinski definition) is 4. The molecule has 1 amide bonds. The Labute approximate surface area is 170 Å². The van der Waals surface area contributed by atoms with Gasteiger partial charge in [-0.25, -0.2) is 0 Å². The van der Waals surface area contributed by atoms with Gasteiger partial charge in [0.15, 0.2) is 0 Å². The van der Waals surface area contributed by atoms with E-state index in [0.29, 0.717) is 12.1 Å². The van der Waals surface area contributed by atoms with Crippen molar-refractivity contribution in [2.45, 2.75) is 38.8 Å². The molecule has 1 saturated heterocycles. The maximum atomic E-state index is 12.3. The van der Waals surface area contributed by atoms with E-state index in [9.17, 15) is 4.79 Å². The summed E-state index contributed by atoms with van der Waals surface area (Å²) in [6.07, 6.45) is 1.71. The molecule has 1 aliphatic heterocycles. The lowest BCUT2D eigenvalue weighted by Crippen LogP contribution is -2.49. The highest BCUT2D eigenvalue weighted by Crippen LogP contribution is 2.12. The van der Waals surface area contributed by atoms with Crippen LogP contribution in [0.1, 0.15) is 42.6 Å². The highest BCUT2D eigenvalue weighted by atomic mass is 35.5. The largest absolute Gasteiger partial charge is 0.350 e. The molecule has 5 nitrogen and oxygen atoms in total. The Morgan fingerprint density at radius 2 is 1.62 bits per heavy atom. The number of halogens is 2. The number of carbonyl (C=O) groups excluding carboxylic acids is 1. The Hall–Kier alpha value is -0.850. The fraction of sp³-hybridized carbons (Fsp3) is 0.632. The molecule has 0 bridgehead atoms. The predicted octanol–water partition coefficient (Wildman–Crippen LogP) is 2.52. The van der Waals surface area contributed by atoms with Crippen molar-refractivity contribution in [1.82, 2.24) is 15.1 Å². The third-order valence-corrected chi connectivity index (χ3v) is 5.23. The lowest BCUT2D eigenvalue weighted by Gasteiger charge is -2.32. The summed E-state index contributed by atoms with van der Waals surface area (Å²) in [6.45, 7) is 10.0. The molecule has 1 aromatic carbocycles. The van der Waals surface area contributed by atoms with Crippen molar-refractivity contribution in [3.05, 3.63) is 35.4 Å². The number of carbonyl (C=O) groups is 1. The first-order chi connectivity index (χ1) is 11.5. The van der Waals surface area contributed by atoms with E-state index < -0.39 is 0 Å². The molecule has 2 rings (SSSR count). The molecule has 0 saturated carbocycles. The van der Waals surface area contributed by atoms with Crippen LogP contribution in [0, 0.1) is 0 Å². The van der Waals surface area contributed by atoms with Crippen LogP contribution in [0.25, 0.3) is 0 Å². The van der Waals surface area contributed by atoms with Gasteiger partial charge in [0.1, 0.15) is 0 Å². The minimum Gasteiger partial charge on any atom is -0.350 e. The van der Waals surface area contributed by atoms with Gasteiger partial charge in [-0.2, -0.15) is 0 Å². The van der Waals surface area contributed by atoms with Crippen LogP contribution in [-0.4, -0.2) is 61.0 Å². The molecule has 0 aromatic heterocycles. The van der Waals surface area contributed by atoms with E-state index in [4.69, 9.17) is 5.73 Å². The summed E-state index contributed by atoms with van der Waals surface area (Å²) in [6, 6.07) is 7.94. The summed E-state index contributed by atoms with van der Waals surface area (Å²) in [4.78, 5) is 17.1. The van der Waals surface area contributed by atoms with Crippen molar-refractivity contribution in [1.29, 1.82) is 0 Å². The quantitative estimate of drug-likeness (QED) is 0.732. The van der Waals surface area contributed by atoms with Crippen molar-refractivity contribution in [3.63, 3.8) is 0 Å². The average Bonchev–Trinajstić information content (AvgIpc) is 2.62. The van der Waals surface area contributed by atoms with E-state index in [1.54, 1.807) is 0 Å². The molecule has 3 N–H and O–H groups in total. The van der Waals surface area contributed by atoms with Crippen LogP contribution in [0.4, 0.5) is 0 Å². The second-order valence-corrected chi connectivity index (χ2v) is 7.03. The number of hydrogen-bond donors (Lipinski definition) is 2. The number of likely N-dealkylation sites (N-methyl/N-ethyl adjacent to an activating group) is 1. The Morgan fingerprint density at radius 3 is 2.12 bits per heavy atom.